The molecule has 1 fully saturated rings. The number of halogens is 3. The van der Waals surface area contributed by atoms with Crippen molar-refractivity contribution < 1.29 is 32.4 Å². The summed E-state index contributed by atoms with van der Waals surface area (Å²) in [5.41, 5.74) is 1.41. The quantitative estimate of drug-likeness (QED) is 0.228. The van der Waals surface area contributed by atoms with Crippen LogP contribution in [0.1, 0.15) is 30.9 Å². The molecule has 3 aromatic rings. The maximum Gasteiger partial charge on any atom is 0.573 e. The number of nitrogens with zero attached hydrogens (tertiary/aromatic N) is 6. The number of hydrogen-bond donors (Lipinski definition) is 0. The molecule has 2 aromatic heterocycles. The Hall–Kier alpha value is -4.49. The Morgan fingerprint density at radius 1 is 1.11 bits per heavy atom. The molecule has 0 amide bonds. The maximum atomic E-state index is 12.3. The van der Waals surface area contributed by atoms with Gasteiger partial charge in [-0.25, -0.2) is 9.97 Å². The standard InChI is InChI=1S/C24H23F3N6O5/c1-15-22(36-18-9-12-32(13-10-18)21-20(33(34)35)4-3-11-28-21)29-14-30-23(15)38-31-16(2)17-5-7-19(8-6-17)37-24(25,26)27/h3-8,11,14,18H,9-10,12-13H2,1-2H3. The number of alkyl halides is 3. The van der Waals surface area contributed by atoms with Gasteiger partial charge in [-0.15, -0.1) is 13.2 Å². The zero-order chi connectivity index (χ0) is 27.3. The Bertz CT molecular complexity index is 1310. The molecule has 1 aliphatic rings. The Morgan fingerprint density at radius 3 is 2.45 bits per heavy atom. The van der Waals surface area contributed by atoms with E-state index in [4.69, 9.17) is 9.57 Å². The summed E-state index contributed by atoms with van der Waals surface area (Å²) in [6.45, 7) is 4.39. The maximum absolute atomic E-state index is 12.3. The average molecular weight is 532 g/mol. The summed E-state index contributed by atoms with van der Waals surface area (Å²) in [4.78, 5) is 30.6. The van der Waals surface area contributed by atoms with Crippen molar-refractivity contribution >= 4 is 17.2 Å². The van der Waals surface area contributed by atoms with Crippen molar-refractivity contribution in [1.82, 2.24) is 15.0 Å². The van der Waals surface area contributed by atoms with Crippen molar-refractivity contribution in [3.8, 4) is 17.5 Å². The van der Waals surface area contributed by atoms with Gasteiger partial charge in [0.25, 0.3) is 5.88 Å². The fourth-order valence-corrected chi connectivity index (χ4v) is 3.81. The zero-order valence-electron chi connectivity index (χ0n) is 20.4. The topological polar surface area (TPSA) is 125 Å². The second-order valence-corrected chi connectivity index (χ2v) is 8.36. The first-order chi connectivity index (χ1) is 18.1. The summed E-state index contributed by atoms with van der Waals surface area (Å²) in [5.74, 6) is 0.472. The molecule has 0 spiro atoms. The fourth-order valence-electron chi connectivity index (χ4n) is 3.81. The summed E-state index contributed by atoms with van der Waals surface area (Å²) in [7, 11) is 0. The van der Waals surface area contributed by atoms with E-state index < -0.39 is 11.3 Å². The second-order valence-electron chi connectivity index (χ2n) is 8.36. The van der Waals surface area contributed by atoms with Gasteiger partial charge in [0.15, 0.2) is 0 Å². The highest BCUT2D eigenvalue weighted by molar-refractivity contribution is 5.98. The molecule has 200 valence electrons. The molecule has 0 bridgehead atoms. The van der Waals surface area contributed by atoms with Crippen molar-refractivity contribution in [3.05, 3.63) is 70.2 Å². The third kappa shape index (κ3) is 6.63. The number of nitro groups is 1. The van der Waals surface area contributed by atoms with E-state index in [0.717, 1.165) is 0 Å². The Morgan fingerprint density at radius 2 is 1.79 bits per heavy atom. The largest absolute Gasteiger partial charge is 0.573 e. The average Bonchev–Trinajstić information content (AvgIpc) is 2.89. The minimum absolute atomic E-state index is 0.0401. The summed E-state index contributed by atoms with van der Waals surface area (Å²) in [6, 6.07) is 8.18. The lowest BCUT2D eigenvalue weighted by Crippen LogP contribution is -2.39. The molecule has 1 aliphatic heterocycles. The van der Waals surface area contributed by atoms with E-state index in [1.807, 2.05) is 4.90 Å². The number of pyridine rings is 1. The molecule has 0 aliphatic carbocycles. The molecule has 0 atom stereocenters. The molecule has 38 heavy (non-hydrogen) atoms. The lowest BCUT2D eigenvalue weighted by molar-refractivity contribution is -0.384. The Kier molecular flexibility index (Phi) is 7.88. The van der Waals surface area contributed by atoms with E-state index in [2.05, 4.69) is 24.8 Å². The number of anilines is 1. The molecular formula is C24H23F3N6O5. The summed E-state index contributed by atoms with van der Waals surface area (Å²) >= 11 is 0. The van der Waals surface area contributed by atoms with Gasteiger partial charge >= 0.3 is 12.0 Å². The third-order valence-corrected chi connectivity index (χ3v) is 5.75. The van der Waals surface area contributed by atoms with Gasteiger partial charge < -0.3 is 19.2 Å². The van der Waals surface area contributed by atoms with Gasteiger partial charge in [-0.3, -0.25) is 10.1 Å². The van der Waals surface area contributed by atoms with Crippen molar-refractivity contribution in [2.24, 2.45) is 5.16 Å². The van der Waals surface area contributed by atoms with E-state index in [1.165, 1.54) is 48.9 Å². The third-order valence-electron chi connectivity index (χ3n) is 5.75. The van der Waals surface area contributed by atoms with Crippen LogP contribution in [0.3, 0.4) is 0 Å². The number of ether oxygens (including phenoxy) is 2. The predicted molar refractivity (Wildman–Crippen MR) is 129 cm³/mol. The van der Waals surface area contributed by atoms with E-state index in [1.54, 1.807) is 13.8 Å². The van der Waals surface area contributed by atoms with Gasteiger partial charge in [0.1, 0.15) is 18.2 Å². The molecule has 0 radical (unpaired) electrons. The van der Waals surface area contributed by atoms with Crippen LogP contribution in [0.4, 0.5) is 24.7 Å². The summed E-state index contributed by atoms with van der Waals surface area (Å²) in [5, 5.41) is 15.3. The van der Waals surface area contributed by atoms with Crippen LogP contribution in [0, 0.1) is 17.0 Å². The van der Waals surface area contributed by atoms with E-state index >= 15 is 0 Å². The van der Waals surface area contributed by atoms with Gasteiger partial charge in [-0.05, 0) is 49.7 Å². The van der Waals surface area contributed by atoms with Gasteiger partial charge in [0.2, 0.25) is 11.7 Å². The highest BCUT2D eigenvalue weighted by atomic mass is 19.4. The molecule has 3 heterocycles. The smallest absolute Gasteiger partial charge is 0.474 e. The van der Waals surface area contributed by atoms with Crippen molar-refractivity contribution in [1.29, 1.82) is 0 Å². The molecular weight excluding hydrogens is 509 g/mol. The van der Waals surface area contributed by atoms with E-state index in [0.29, 0.717) is 54.5 Å². The lowest BCUT2D eigenvalue weighted by Gasteiger charge is -2.32. The molecule has 11 nitrogen and oxygen atoms in total. The first-order valence-corrected chi connectivity index (χ1v) is 11.5. The highest BCUT2D eigenvalue weighted by Crippen LogP contribution is 2.30. The molecule has 0 saturated carbocycles. The number of oxime groups is 1. The fraction of sp³-hybridized carbons (Fsp3) is 0.333. The van der Waals surface area contributed by atoms with Crippen LogP contribution in [0.15, 0.2) is 54.1 Å². The van der Waals surface area contributed by atoms with Crippen LogP contribution in [0.2, 0.25) is 0 Å². The summed E-state index contributed by atoms with van der Waals surface area (Å²) in [6.07, 6.45) is -0.957. The first kappa shape index (κ1) is 26.6. The molecule has 0 unspecified atom stereocenters. The van der Waals surface area contributed by atoms with Crippen LogP contribution in [0.5, 0.6) is 17.5 Å². The first-order valence-electron chi connectivity index (χ1n) is 11.5. The SMILES string of the molecule is CC(=NOc1ncnc(OC2CCN(c3ncccc3[N+](=O)[O-])CC2)c1C)c1ccc(OC(F)(F)F)cc1. The minimum atomic E-state index is -4.77. The number of piperidine rings is 1. The molecule has 0 N–H and O–H groups in total. The zero-order valence-corrected chi connectivity index (χ0v) is 20.4. The number of benzene rings is 1. The normalized spacial score (nSPS) is 14.8. The monoisotopic (exact) mass is 532 g/mol. The number of aromatic nitrogens is 3. The van der Waals surface area contributed by atoms with Crippen LogP contribution in [-0.4, -0.2) is 51.1 Å². The van der Waals surface area contributed by atoms with E-state index in [9.17, 15) is 23.3 Å². The highest BCUT2D eigenvalue weighted by Gasteiger charge is 2.31. The van der Waals surface area contributed by atoms with Crippen molar-refractivity contribution in [2.75, 3.05) is 18.0 Å². The molecule has 1 aromatic carbocycles. The predicted octanol–water partition coefficient (Wildman–Crippen LogP) is 4.84. The van der Waals surface area contributed by atoms with Gasteiger partial charge in [-0.1, -0.05) is 5.16 Å². The van der Waals surface area contributed by atoms with Crippen LogP contribution in [-0.2, 0) is 0 Å². The number of hydrogen-bond acceptors (Lipinski definition) is 10. The van der Waals surface area contributed by atoms with Gasteiger partial charge in [0.05, 0.1) is 16.2 Å². The number of rotatable bonds is 8. The van der Waals surface area contributed by atoms with Crippen LogP contribution >= 0.6 is 0 Å². The van der Waals surface area contributed by atoms with Crippen LogP contribution < -0.4 is 19.2 Å². The van der Waals surface area contributed by atoms with Gasteiger partial charge in [0, 0.05) is 38.2 Å². The second kappa shape index (κ2) is 11.3. The Labute approximate surface area is 215 Å². The lowest BCUT2D eigenvalue weighted by atomic mass is 10.1. The van der Waals surface area contributed by atoms with E-state index in [-0.39, 0.29) is 23.4 Å². The summed E-state index contributed by atoms with van der Waals surface area (Å²) < 4.78 is 47.0. The van der Waals surface area contributed by atoms with Gasteiger partial charge in [-0.2, -0.15) is 4.98 Å². The molecule has 4 rings (SSSR count). The molecule has 1 saturated heterocycles. The van der Waals surface area contributed by atoms with Crippen LogP contribution in [0.25, 0.3) is 0 Å². The van der Waals surface area contributed by atoms with Crippen molar-refractivity contribution in [3.63, 3.8) is 0 Å². The minimum Gasteiger partial charge on any atom is -0.474 e. The Balaban J connectivity index is 1.37. The molecule has 14 heteroatoms. The van der Waals surface area contributed by atoms with Crippen molar-refractivity contribution in [2.45, 2.75) is 39.2 Å².